The van der Waals surface area contributed by atoms with Crippen molar-refractivity contribution in [2.45, 2.75) is 26.0 Å². The molecule has 21 heavy (non-hydrogen) atoms. The van der Waals surface area contributed by atoms with Crippen molar-refractivity contribution in [2.24, 2.45) is 0 Å². The smallest absolute Gasteiger partial charge is 0.0781 e. The Morgan fingerprint density at radius 3 is 2.48 bits per heavy atom. The topological polar surface area (TPSA) is 32.3 Å². The summed E-state index contributed by atoms with van der Waals surface area (Å²) < 4.78 is 1.31. The van der Waals surface area contributed by atoms with Crippen LogP contribution in [0.15, 0.2) is 54.6 Å². The molecule has 2 unspecified atom stereocenters. The molecule has 2 nitrogen and oxygen atoms in total. The lowest BCUT2D eigenvalue weighted by atomic mass is 10.1. The highest BCUT2D eigenvalue weighted by atomic mass is 32.1. The van der Waals surface area contributed by atoms with Gasteiger partial charge in [0.15, 0.2) is 0 Å². The van der Waals surface area contributed by atoms with E-state index in [0.717, 1.165) is 11.3 Å². The van der Waals surface area contributed by atoms with Gasteiger partial charge in [0.1, 0.15) is 0 Å². The predicted octanol–water partition coefficient (Wildman–Crippen LogP) is 5.13. The Kier molecular flexibility index (Phi) is 3.95. The molecule has 108 valence electrons. The minimum absolute atomic E-state index is 0.210. The van der Waals surface area contributed by atoms with Crippen molar-refractivity contribution in [3.05, 3.63) is 65.0 Å². The van der Waals surface area contributed by atoms with E-state index < -0.39 is 6.10 Å². The summed E-state index contributed by atoms with van der Waals surface area (Å²) in [5.74, 6) is 0. The second kappa shape index (κ2) is 5.88. The summed E-state index contributed by atoms with van der Waals surface area (Å²) >= 11 is 1.81. The van der Waals surface area contributed by atoms with Crippen LogP contribution in [0, 0.1) is 0 Å². The molecular formula is C18H19NOS. The quantitative estimate of drug-likeness (QED) is 0.700. The average Bonchev–Trinajstić information content (AvgIpc) is 2.91. The summed E-state index contributed by atoms with van der Waals surface area (Å²) in [5, 5.41) is 14.7. The van der Waals surface area contributed by atoms with Crippen LogP contribution in [0.25, 0.3) is 10.1 Å². The van der Waals surface area contributed by atoms with Crippen molar-refractivity contribution in [3.8, 4) is 0 Å². The van der Waals surface area contributed by atoms with Crippen LogP contribution in [0.1, 0.15) is 36.4 Å². The van der Waals surface area contributed by atoms with Gasteiger partial charge in [-0.3, -0.25) is 0 Å². The minimum Gasteiger partial charge on any atom is -0.389 e. The Bertz CT molecular complexity index is 715. The molecule has 2 atom stereocenters. The van der Waals surface area contributed by atoms with E-state index in [4.69, 9.17) is 0 Å². The largest absolute Gasteiger partial charge is 0.389 e. The van der Waals surface area contributed by atoms with Crippen LogP contribution in [0.5, 0.6) is 0 Å². The lowest BCUT2D eigenvalue weighted by Crippen LogP contribution is -2.08. The first kappa shape index (κ1) is 14.1. The molecule has 0 radical (unpaired) electrons. The number of hydrogen-bond acceptors (Lipinski definition) is 3. The van der Waals surface area contributed by atoms with Crippen molar-refractivity contribution >= 4 is 27.1 Å². The second-order valence-electron chi connectivity index (χ2n) is 5.32. The average molecular weight is 297 g/mol. The van der Waals surface area contributed by atoms with Crippen LogP contribution in [0.2, 0.25) is 0 Å². The molecule has 0 spiro atoms. The summed E-state index contributed by atoms with van der Waals surface area (Å²) in [6.07, 6.45) is -0.469. The number of aliphatic hydroxyl groups excluding tert-OH is 1. The maximum Gasteiger partial charge on any atom is 0.0781 e. The first-order valence-corrected chi connectivity index (χ1v) is 7.99. The maximum absolute atomic E-state index is 9.86. The zero-order valence-electron chi connectivity index (χ0n) is 12.2. The summed E-state index contributed by atoms with van der Waals surface area (Å²) in [6.45, 7) is 3.95. The van der Waals surface area contributed by atoms with Crippen LogP contribution in [0.3, 0.4) is 0 Å². The SMILES string of the molecule is CC(O)c1ccccc1NC(C)c1cc2ccccc2s1. The van der Waals surface area contributed by atoms with E-state index in [1.54, 1.807) is 6.92 Å². The van der Waals surface area contributed by atoms with E-state index in [1.807, 2.05) is 35.6 Å². The zero-order valence-corrected chi connectivity index (χ0v) is 13.0. The molecule has 0 aliphatic heterocycles. The third-order valence-electron chi connectivity index (χ3n) is 3.65. The van der Waals surface area contributed by atoms with E-state index in [9.17, 15) is 5.11 Å². The Morgan fingerprint density at radius 1 is 1.00 bits per heavy atom. The fraction of sp³-hybridized carbons (Fsp3) is 0.222. The van der Waals surface area contributed by atoms with Crippen LogP contribution >= 0.6 is 11.3 Å². The number of para-hydroxylation sites is 1. The Hall–Kier alpha value is -1.84. The Morgan fingerprint density at radius 2 is 1.71 bits per heavy atom. The molecule has 3 rings (SSSR count). The van der Waals surface area contributed by atoms with Crippen LogP contribution in [0.4, 0.5) is 5.69 Å². The number of thiophene rings is 1. The lowest BCUT2D eigenvalue weighted by Gasteiger charge is -2.18. The second-order valence-corrected chi connectivity index (χ2v) is 6.43. The molecule has 0 aliphatic rings. The third kappa shape index (κ3) is 2.94. The van der Waals surface area contributed by atoms with Gasteiger partial charge in [0, 0.05) is 20.8 Å². The summed E-state index contributed by atoms with van der Waals surface area (Å²) in [7, 11) is 0. The van der Waals surface area contributed by atoms with Gasteiger partial charge in [-0.15, -0.1) is 11.3 Å². The summed E-state index contributed by atoms with van der Waals surface area (Å²) in [6, 6.07) is 18.8. The normalized spacial score (nSPS) is 14.0. The van der Waals surface area contributed by atoms with Crippen molar-refractivity contribution in [1.29, 1.82) is 0 Å². The Labute approximate surface area is 129 Å². The number of hydrogen-bond donors (Lipinski definition) is 2. The van der Waals surface area contributed by atoms with E-state index in [2.05, 4.69) is 42.6 Å². The number of rotatable bonds is 4. The summed E-state index contributed by atoms with van der Waals surface area (Å²) in [5.41, 5.74) is 1.93. The monoisotopic (exact) mass is 297 g/mol. The fourth-order valence-corrected chi connectivity index (χ4v) is 3.58. The standard InChI is InChI=1S/C18H19NOS/c1-12(18-11-14-7-3-6-10-17(14)21-18)19-16-9-5-4-8-15(16)13(2)20/h3-13,19-20H,1-2H3. The molecule has 2 N–H and O–H groups in total. The number of aliphatic hydroxyl groups is 1. The summed E-state index contributed by atoms with van der Waals surface area (Å²) in [4.78, 5) is 1.30. The van der Waals surface area contributed by atoms with Gasteiger partial charge in [-0.1, -0.05) is 36.4 Å². The van der Waals surface area contributed by atoms with E-state index >= 15 is 0 Å². The molecule has 0 amide bonds. The molecule has 0 saturated carbocycles. The van der Waals surface area contributed by atoms with Gasteiger partial charge in [0.25, 0.3) is 0 Å². The third-order valence-corrected chi connectivity index (χ3v) is 4.95. The van der Waals surface area contributed by atoms with Gasteiger partial charge >= 0.3 is 0 Å². The molecule has 3 heteroatoms. The van der Waals surface area contributed by atoms with E-state index in [-0.39, 0.29) is 6.04 Å². The molecule has 2 aromatic carbocycles. The van der Waals surface area contributed by atoms with Gasteiger partial charge in [0.2, 0.25) is 0 Å². The number of fused-ring (bicyclic) bond motifs is 1. The van der Waals surface area contributed by atoms with Gasteiger partial charge in [0.05, 0.1) is 12.1 Å². The highest BCUT2D eigenvalue weighted by Crippen LogP contribution is 2.33. The van der Waals surface area contributed by atoms with Gasteiger partial charge in [-0.05, 0) is 37.4 Å². The Balaban J connectivity index is 1.87. The van der Waals surface area contributed by atoms with Crippen molar-refractivity contribution in [2.75, 3.05) is 5.32 Å². The first-order valence-electron chi connectivity index (χ1n) is 7.17. The van der Waals surface area contributed by atoms with E-state index in [1.165, 1.54) is 15.0 Å². The molecule has 1 heterocycles. The first-order chi connectivity index (χ1) is 10.1. The zero-order chi connectivity index (χ0) is 14.8. The number of nitrogens with one attached hydrogen (secondary N) is 1. The molecule has 0 saturated heterocycles. The minimum atomic E-state index is -0.469. The molecule has 1 aromatic heterocycles. The van der Waals surface area contributed by atoms with Gasteiger partial charge in [-0.2, -0.15) is 0 Å². The molecule has 3 aromatic rings. The number of anilines is 1. The number of benzene rings is 2. The van der Waals surface area contributed by atoms with Crippen LogP contribution in [-0.4, -0.2) is 5.11 Å². The van der Waals surface area contributed by atoms with Crippen LogP contribution in [-0.2, 0) is 0 Å². The van der Waals surface area contributed by atoms with Gasteiger partial charge < -0.3 is 10.4 Å². The molecule has 0 fully saturated rings. The highest BCUT2D eigenvalue weighted by Gasteiger charge is 2.13. The van der Waals surface area contributed by atoms with Crippen molar-refractivity contribution < 1.29 is 5.11 Å². The van der Waals surface area contributed by atoms with Crippen molar-refractivity contribution in [1.82, 2.24) is 0 Å². The van der Waals surface area contributed by atoms with Crippen LogP contribution < -0.4 is 5.32 Å². The molecular weight excluding hydrogens is 278 g/mol. The predicted molar refractivity (Wildman–Crippen MR) is 90.9 cm³/mol. The molecule has 0 bridgehead atoms. The maximum atomic E-state index is 9.86. The van der Waals surface area contributed by atoms with E-state index in [0.29, 0.717) is 0 Å². The lowest BCUT2D eigenvalue weighted by molar-refractivity contribution is 0.200. The fourth-order valence-electron chi connectivity index (χ4n) is 2.51. The molecule has 0 aliphatic carbocycles. The highest BCUT2D eigenvalue weighted by molar-refractivity contribution is 7.19. The van der Waals surface area contributed by atoms with Gasteiger partial charge in [-0.25, -0.2) is 0 Å². The van der Waals surface area contributed by atoms with Crippen molar-refractivity contribution in [3.63, 3.8) is 0 Å².